The molecular formula is C9H11BrN2O3S. The topological polar surface area (TPSA) is 79.3 Å². The summed E-state index contributed by atoms with van der Waals surface area (Å²) in [6.45, 7) is 0. The van der Waals surface area contributed by atoms with Crippen molar-refractivity contribution in [3.63, 3.8) is 0 Å². The summed E-state index contributed by atoms with van der Waals surface area (Å²) >= 11 is 3.17. The summed E-state index contributed by atoms with van der Waals surface area (Å²) in [7, 11) is -3.52. The van der Waals surface area contributed by atoms with Crippen LogP contribution in [0.3, 0.4) is 0 Å². The van der Waals surface area contributed by atoms with Gasteiger partial charge in [-0.25, -0.2) is 13.1 Å². The number of hydrogen-bond donors (Lipinski definition) is 2. The Balaban J connectivity index is 2.13. The van der Waals surface area contributed by atoms with Crippen LogP contribution in [0.1, 0.15) is 12.8 Å². The summed E-state index contributed by atoms with van der Waals surface area (Å²) in [6.07, 6.45) is 3.38. The van der Waals surface area contributed by atoms with Gasteiger partial charge in [-0.2, -0.15) is 0 Å². The zero-order valence-corrected chi connectivity index (χ0v) is 10.7. The fourth-order valence-electron chi connectivity index (χ4n) is 1.51. The molecule has 1 aliphatic rings. The Morgan fingerprint density at radius 3 is 2.69 bits per heavy atom. The Labute approximate surface area is 102 Å². The van der Waals surface area contributed by atoms with Crippen LogP contribution in [-0.2, 0) is 10.0 Å². The number of aliphatic hydroxyl groups is 1. The third kappa shape index (κ3) is 2.60. The van der Waals surface area contributed by atoms with Gasteiger partial charge in [-0.1, -0.05) is 0 Å². The number of nitrogens with zero attached hydrogens (tertiary/aromatic N) is 1. The van der Waals surface area contributed by atoms with E-state index < -0.39 is 10.0 Å². The molecule has 2 N–H and O–H groups in total. The fourth-order valence-corrected chi connectivity index (χ4v) is 3.28. The van der Waals surface area contributed by atoms with Crippen molar-refractivity contribution in [2.24, 2.45) is 0 Å². The molecule has 0 saturated heterocycles. The van der Waals surface area contributed by atoms with Crippen molar-refractivity contribution >= 4 is 26.0 Å². The molecule has 0 aromatic carbocycles. The molecule has 0 unspecified atom stereocenters. The van der Waals surface area contributed by atoms with Crippen LogP contribution >= 0.6 is 15.9 Å². The fraction of sp³-hybridized carbons (Fsp3) is 0.444. The standard InChI is InChI=1S/C9H11BrN2O3S/c10-6-1-9(5-11-4-6)16(14,15)12-7-2-8(13)3-7/h1,4-5,7-8,12-13H,2-3H2. The van der Waals surface area contributed by atoms with Gasteiger partial charge < -0.3 is 5.11 Å². The number of aliphatic hydroxyl groups excluding tert-OH is 1. The van der Waals surface area contributed by atoms with Gasteiger partial charge in [0.2, 0.25) is 10.0 Å². The summed E-state index contributed by atoms with van der Waals surface area (Å²) in [5, 5.41) is 9.08. The first kappa shape index (κ1) is 12.0. The van der Waals surface area contributed by atoms with Crippen molar-refractivity contribution < 1.29 is 13.5 Å². The molecule has 0 amide bonds. The second kappa shape index (κ2) is 4.40. The van der Waals surface area contributed by atoms with E-state index in [0.717, 1.165) is 0 Å². The van der Waals surface area contributed by atoms with E-state index in [4.69, 9.17) is 5.11 Å². The molecule has 0 aliphatic heterocycles. The first-order chi connectivity index (χ1) is 7.47. The molecule has 1 fully saturated rings. The molecule has 16 heavy (non-hydrogen) atoms. The van der Waals surface area contributed by atoms with E-state index in [2.05, 4.69) is 25.6 Å². The van der Waals surface area contributed by atoms with Crippen molar-refractivity contribution in [3.8, 4) is 0 Å². The Kier molecular flexibility index (Phi) is 3.29. The molecule has 1 aromatic heterocycles. The maximum Gasteiger partial charge on any atom is 0.242 e. The number of halogens is 1. The Bertz CT molecular complexity index is 485. The summed E-state index contributed by atoms with van der Waals surface area (Å²) in [4.78, 5) is 3.93. The van der Waals surface area contributed by atoms with E-state index >= 15 is 0 Å². The lowest BCUT2D eigenvalue weighted by molar-refractivity contribution is 0.0712. The first-order valence-corrected chi connectivity index (χ1v) is 7.06. The van der Waals surface area contributed by atoms with Gasteiger partial charge >= 0.3 is 0 Å². The van der Waals surface area contributed by atoms with Crippen LogP contribution in [0.25, 0.3) is 0 Å². The van der Waals surface area contributed by atoms with Crippen LogP contribution in [0, 0.1) is 0 Å². The zero-order chi connectivity index (χ0) is 11.8. The minimum Gasteiger partial charge on any atom is -0.393 e. The number of nitrogens with one attached hydrogen (secondary N) is 1. The molecule has 0 bridgehead atoms. The van der Waals surface area contributed by atoms with Gasteiger partial charge in [-0.05, 0) is 34.8 Å². The second-order valence-corrected chi connectivity index (χ2v) is 6.41. The van der Waals surface area contributed by atoms with Gasteiger partial charge in [0.1, 0.15) is 4.90 Å². The molecule has 1 heterocycles. The smallest absolute Gasteiger partial charge is 0.242 e. The number of aromatic nitrogens is 1. The average molecular weight is 307 g/mol. The molecule has 0 radical (unpaired) electrons. The van der Waals surface area contributed by atoms with Crippen LogP contribution in [0.15, 0.2) is 27.8 Å². The van der Waals surface area contributed by atoms with E-state index in [0.29, 0.717) is 17.3 Å². The number of sulfonamides is 1. The van der Waals surface area contributed by atoms with E-state index in [-0.39, 0.29) is 17.0 Å². The van der Waals surface area contributed by atoms with E-state index in [1.807, 2.05) is 0 Å². The van der Waals surface area contributed by atoms with Crippen LogP contribution in [0.2, 0.25) is 0 Å². The molecule has 5 nitrogen and oxygen atoms in total. The van der Waals surface area contributed by atoms with Crippen molar-refractivity contribution in [1.82, 2.24) is 9.71 Å². The normalized spacial score (nSPS) is 25.1. The monoisotopic (exact) mass is 306 g/mol. The van der Waals surface area contributed by atoms with Crippen LogP contribution in [-0.4, -0.2) is 30.7 Å². The SMILES string of the molecule is O=S(=O)(NC1CC(O)C1)c1cncc(Br)c1. The second-order valence-electron chi connectivity index (χ2n) is 3.78. The van der Waals surface area contributed by atoms with Crippen molar-refractivity contribution in [1.29, 1.82) is 0 Å². The summed E-state index contributed by atoms with van der Waals surface area (Å²) in [6, 6.07) is 1.32. The molecule has 1 aromatic rings. The predicted molar refractivity (Wildman–Crippen MR) is 61.3 cm³/mol. The first-order valence-electron chi connectivity index (χ1n) is 4.78. The largest absolute Gasteiger partial charge is 0.393 e. The van der Waals surface area contributed by atoms with Gasteiger partial charge in [0.25, 0.3) is 0 Å². The zero-order valence-electron chi connectivity index (χ0n) is 8.30. The lowest BCUT2D eigenvalue weighted by atomic mass is 9.91. The predicted octanol–water partition coefficient (Wildman–Crippen LogP) is 0.646. The van der Waals surface area contributed by atoms with Crippen molar-refractivity contribution in [2.45, 2.75) is 29.9 Å². The highest BCUT2D eigenvalue weighted by molar-refractivity contribution is 9.10. The van der Waals surface area contributed by atoms with Crippen LogP contribution in [0.4, 0.5) is 0 Å². The molecule has 0 spiro atoms. The molecule has 1 saturated carbocycles. The summed E-state index contributed by atoms with van der Waals surface area (Å²) < 4.78 is 26.8. The van der Waals surface area contributed by atoms with Crippen LogP contribution in [0.5, 0.6) is 0 Å². The molecular weight excluding hydrogens is 296 g/mol. The third-order valence-corrected chi connectivity index (χ3v) is 4.35. The van der Waals surface area contributed by atoms with Gasteiger partial charge in [0.05, 0.1) is 6.10 Å². The Hall–Kier alpha value is -0.500. The Morgan fingerprint density at radius 2 is 2.12 bits per heavy atom. The lowest BCUT2D eigenvalue weighted by Crippen LogP contribution is -2.46. The summed E-state index contributed by atoms with van der Waals surface area (Å²) in [5.74, 6) is 0. The highest BCUT2D eigenvalue weighted by Gasteiger charge is 2.31. The maximum absolute atomic E-state index is 11.8. The quantitative estimate of drug-likeness (QED) is 0.859. The summed E-state index contributed by atoms with van der Waals surface area (Å²) in [5.41, 5.74) is 0. The Morgan fingerprint density at radius 1 is 1.44 bits per heavy atom. The molecule has 7 heteroatoms. The highest BCUT2D eigenvalue weighted by Crippen LogP contribution is 2.22. The van der Waals surface area contributed by atoms with Gasteiger partial charge in [0, 0.05) is 22.9 Å². The van der Waals surface area contributed by atoms with E-state index in [1.54, 1.807) is 0 Å². The molecule has 2 rings (SSSR count). The maximum atomic E-state index is 11.8. The average Bonchev–Trinajstić information content (AvgIpc) is 2.15. The number of hydrogen-bond acceptors (Lipinski definition) is 4. The van der Waals surface area contributed by atoms with Gasteiger partial charge in [-0.15, -0.1) is 0 Å². The lowest BCUT2D eigenvalue weighted by Gasteiger charge is -2.31. The minimum absolute atomic E-state index is 0.128. The van der Waals surface area contributed by atoms with Crippen LogP contribution < -0.4 is 4.72 Å². The highest BCUT2D eigenvalue weighted by atomic mass is 79.9. The molecule has 88 valence electrons. The third-order valence-electron chi connectivity index (χ3n) is 2.43. The minimum atomic E-state index is -3.52. The van der Waals surface area contributed by atoms with Gasteiger partial charge in [0.15, 0.2) is 0 Å². The van der Waals surface area contributed by atoms with Gasteiger partial charge in [-0.3, -0.25) is 4.98 Å². The van der Waals surface area contributed by atoms with E-state index in [1.165, 1.54) is 18.5 Å². The van der Waals surface area contributed by atoms with Crippen molar-refractivity contribution in [3.05, 3.63) is 22.9 Å². The number of pyridine rings is 1. The van der Waals surface area contributed by atoms with Crippen molar-refractivity contribution in [2.75, 3.05) is 0 Å². The molecule has 1 aliphatic carbocycles. The number of rotatable bonds is 3. The van der Waals surface area contributed by atoms with E-state index in [9.17, 15) is 8.42 Å². The molecule has 0 atom stereocenters.